The molecule has 0 aliphatic heterocycles. The van der Waals surface area contributed by atoms with Crippen LogP contribution in [0.1, 0.15) is 0 Å². The van der Waals surface area contributed by atoms with Crippen LogP contribution in [-0.2, 0) is 4.74 Å². The SMILES string of the molecule is NC(=O)OC([N+](=O)[O-])C([N+](=O)[O-])([N+](=O)[O-])[N+](=O)[O-]. The molecule has 15 nitrogen and oxygen atoms in total. The maximum absolute atomic E-state index is 10.4. The van der Waals surface area contributed by atoms with E-state index >= 15 is 0 Å². The third-order valence-corrected chi connectivity index (χ3v) is 1.56. The van der Waals surface area contributed by atoms with Crippen LogP contribution in [0.2, 0.25) is 0 Å². The van der Waals surface area contributed by atoms with Crippen molar-refractivity contribution < 1.29 is 29.2 Å². The van der Waals surface area contributed by atoms with E-state index in [1.807, 2.05) is 0 Å². The van der Waals surface area contributed by atoms with E-state index in [4.69, 9.17) is 0 Å². The number of ether oxygens (including phenoxy) is 1. The predicted octanol–water partition coefficient (Wildman–Crippen LogP) is -1.83. The second-order valence-electron chi connectivity index (χ2n) is 2.53. The summed E-state index contributed by atoms with van der Waals surface area (Å²) in [4.78, 5) is 43.5. The van der Waals surface area contributed by atoms with Crippen LogP contribution >= 0.6 is 0 Å². The van der Waals surface area contributed by atoms with Gasteiger partial charge in [-0.25, -0.2) is 4.79 Å². The molecule has 0 rings (SSSR count). The first kappa shape index (κ1) is 14.9. The van der Waals surface area contributed by atoms with Gasteiger partial charge >= 0.3 is 18.1 Å². The highest BCUT2D eigenvalue weighted by Gasteiger charge is 2.86. The van der Waals surface area contributed by atoms with Gasteiger partial charge < -0.3 is 10.5 Å². The standard InChI is InChI=1S/C3H3N5O10/c4-2(9)18-1(5(10)11)3(6(12)13,7(14)15)8(16)17/h1H,(H2,4,9). The minimum Gasteiger partial charge on any atom is -0.363 e. The highest BCUT2D eigenvalue weighted by molar-refractivity contribution is 5.64. The predicted molar refractivity (Wildman–Crippen MR) is 45.2 cm³/mol. The molecule has 1 atom stereocenters. The van der Waals surface area contributed by atoms with Crippen molar-refractivity contribution in [3.63, 3.8) is 0 Å². The van der Waals surface area contributed by atoms with E-state index in [9.17, 15) is 45.3 Å². The summed E-state index contributed by atoms with van der Waals surface area (Å²) in [6.07, 6.45) is -5.54. The first-order valence-electron chi connectivity index (χ1n) is 3.61. The lowest BCUT2D eigenvalue weighted by Gasteiger charge is -2.11. The molecular formula is C3H3N5O10. The number of nitro groups is 4. The molecule has 0 aliphatic carbocycles. The van der Waals surface area contributed by atoms with Gasteiger partial charge in [-0.05, 0) is 0 Å². The lowest BCUT2D eigenvalue weighted by molar-refractivity contribution is -1.00. The summed E-state index contributed by atoms with van der Waals surface area (Å²) in [6, 6.07) is 0. The van der Waals surface area contributed by atoms with Crippen LogP contribution in [0.3, 0.4) is 0 Å². The Balaban J connectivity index is 6.01. The summed E-state index contributed by atoms with van der Waals surface area (Å²) in [5.41, 5.74) is 4.29. The molecule has 15 heteroatoms. The molecule has 0 spiro atoms. The van der Waals surface area contributed by atoms with Crippen LogP contribution < -0.4 is 5.73 Å². The zero-order valence-electron chi connectivity index (χ0n) is 8.03. The minimum atomic E-state index is -4.58. The normalized spacial score (nSPS) is 12.2. The van der Waals surface area contributed by atoms with Crippen molar-refractivity contribution in [1.82, 2.24) is 0 Å². The summed E-state index contributed by atoms with van der Waals surface area (Å²) >= 11 is 0. The first-order valence-corrected chi connectivity index (χ1v) is 3.61. The molecule has 1 unspecified atom stereocenters. The molecular weight excluding hydrogens is 266 g/mol. The zero-order valence-corrected chi connectivity index (χ0v) is 8.03. The zero-order chi connectivity index (χ0) is 14.7. The third-order valence-electron chi connectivity index (χ3n) is 1.56. The summed E-state index contributed by atoms with van der Waals surface area (Å²) < 4.78 is 3.48. The van der Waals surface area contributed by atoms with Crippen LogP contribution in [-0.4, -0.2) is 37.8 Å². The third kappa shape index (κ3) is 2.18. The number of primary amides is 1. The maximum Gasteiger partial charge on any atom is 0.806 e. The Morgan fingerprint density at radius 3 is 1.50 bits per heavy atom. The molecule has 2 N–H and O–H groups in total. The van der Waals surface area contributed by atoms with Gasteiger partial charge in [-0.1, -0.05) is 0 Å². The Labute approximate surface area is 94.7 Å². The quantitative estimate of drug-likeness (QED) is 0.322. The van der Waals surface area contributed by atoms with Crippen LogP contribution in [0, 0.1) is 40.5 Å². The largest absolute Gasteiger partial charge is 0.806 e. The van der Waals surface area contributed by atoms with E-state index in [0.717, 1.165) is 0 Å². The number of amides is 1. The molecule has 100 valence electrons. The topological polar surface area (TPSA) is 225 Å². The molecule has 0 aromatic heterocycles. The fourth-order valence-corrected chi connectivity index (χ4v) is 0.844. The Bertz CT molecular complexity index is 393. The van der Waals surface area contributed by atoms with Gasteiger partial charge in [0.2, 0.25) is 0 Å². The summed E-state index contributed by atoms with van der Waals surface area (Å²) in [7, 11) is 0. The van der Waals surface area contributed by atoms with Crippen LogP contribution in [0.4, 0.5) is 4.79 Å². The molecule has 0 radical (unpaired) electrons. The Kier molecular flexibility index (Phi) is 3.97. The smallest absolute Gasteiger partial charge is 0.363 e. The van der Waals surface area contributed by atoms with Gasteiger partial charge in [-0.15, -0.1) is 0 Å². The van der Waals surface area contributed by atoms with Crippen molar-refractivity contribution in [2.24, 2.45) is 5.73 Å². The number of rotatable bonds is 6. The van der Waals surface area contributed by atoms with Crippen LogP contribution in [0.15, 0.2) is 0 Å². The lowest BCUT2D eigenvalue weighted by Crippen LogP contribution is -2.65. The van der Waals surface area contributed by atoms with E-state index in [0.29, 0.717) is 0 Å². The van der Waals surface area contributed by atoms with Gasteiger partial charge in [0.05, 0.1) is 4.92 Å². The lowest BCUT2D eigenvalue weighted by atomic mass is 10.3. The summed E-state index contributed by atoms with van der Waals surface area (Å²) in [6.45, 7) is 0. The van der Waals surface area contributed by atoms with Crippen LogP contribution in [0.5, 0.6) is 0 Å². The summed E-state index contributed by atoms with van der Waals surface area (Å²) in [5, 5.41) is 41.6. The summed E-state index contributed by atoms with van der Waals surface area (Å²) in [5.74, 6) is -4.58. The van der Waals surface area contributed by atoms with E-state index < -0.39 is 37.8 Å². The Morgan fingerprint density at radius 2 is 1.33 bits per heavy atom. The van der Waals surface area contributed by atoms with Gasteiger partial charge in [-0.3, -0.25) is 40.5 Å². The molecule has 0 bridgehead atoms. The Morgan fingerprint density at radius 1 is 1.00 bits per heavy atom. The highest BCUT2D eigenvalue weighted by atomic mass is 16.8. The van der Waals surface area contributed by atoms with Gasteiger partial charge in [0, 0.05) is 0 Å². The number of carbonyl (C=O) groups excluding carboxylic acids is 1. The van der Waals surface area contributed by atoms with Crippen LogP contribution in [0.25, 0.3) is 0 Å². The molecule has 0 heterocycles. The molecule has 1 amide bonds. The monoisotopic (exact) mass is 269 g/mol. The second-order valence-corrected chi connectivity index (χ2v) is 2.53. The van der Waals surface area contributed by atoms with E-state index in [2.05, 4.69) is 10.5 Å². The van der Waals surface area contributed by atoms with Crippen molar-refractivity contribution in [2.75, 3.05) is 0 Å². The average molecular weight is 269 g/mol. The minimum absolute atomic E-state index is 1.88. The molecule has 0 aromatic rings. The van der Waals surface area contributed by atoms with E-state index in [1.165, 1.54) is 0 Å². The number of carbonyl (C=O) groups is 1. The molecule has 0 fully saturated rings. The van der Waals surface area contributed by atoms with E-state index in [-0.39, 0.29) is 0 Å². The van der Waals surface area contributed by atoms with Gasteiger partial charge in [0.1, 0.15) is 0 Å². The first-order chi connectivity index (χ1) is 8.08. The average Bonchev–Trinajstić information content (AvgIpc) is 2.14. The fraction of sp³-hybridized carbons (Fsp3) is 0.667. The van der Waals surface area contributed by atoms with Crippen molar-refractivity contribution in [3.05, 3.63) is 40.5 Å². The highest BCUT2D eigenvalue weighted by Crippen LogP contribution is 2.21. The maximum atomic E-state index is 10.4. The van der Waals surface area contributed by atoms with Gasteiger partial charge in [0.15, 0.2) is 14.8 Å². The number of nitrogens with zero attached hydrogens (tertiary/aromatic N) is 4. The molecule has 0 saturated carbocycles. The van der Waals surface area contributed by atoms with Gasteiger partial charge in [-0.2, -0.15) is 0 Å². The molecule has 0 aromatic carbocycles. The Hall–Kier alpha value is -3.13. The number of hydrogen-bond donors (Lipinski definition) is 1. The molecule has 18 heavy (non-hydrogen) atoms. The van der Waals surface area contributed by atoms with Crippen molar-refractivity contribution in [1.29, 1.82) is 0 Å². The molecule has 0 aliphatic rings. The fourth-order valence-electron chi connectivity index (χ4n) is 0.844. The molecule has 0 saturated heterocycles. The van der Waals surface area contributed by atoms with Crippen molar-refractivity contribution in [3.8, 4) is 0 Å². The van der Waals surface area contributed by atoms with Crippen molar-refractivity contribution in [2.45, 2.75) is 12.0 Å². The number of hydrogen-bond acceptors (Lipinski definition) is 10. The van der Waals surface area contributed by atoms with Gasteiger partial charge in [0.25, 0.3) is 0 Å². The van der Waals surface area contributed by atoms with E-state index in [1.54, 1.807) is 0 Å². The second kappa shape index (κ2) is 4.80. The van der Waals surface area contributed by atoms with Crippen molar-refractivity contribution >= 4 is 6.09 Å². The number of nitrogens with two attached hydrogens (primary N) is 1.